The lowest BCUT2D eigenvalue weighted by Crippen LogP contribution is -2.18. The van der Waals surface area contributed by atoms with Gasteiger partial charge in [-0.3, -0.25) is 0 Å². The number of hydrogen-bond acceptors (Lipinski definition) is 6. The Hall–Kier alpha value is -3.80. The molecular weight excluding hydrogens is 408 g/mol. The highest BCUT2D eigenvalue weighted by Crippen LogP contribution is 2.35. The minimum Gasteiger partial charge on any atom is -0.496 e. The van der Waals surface area contributed by atoms with E-state index >= 15 is 0 Å². The fourth-order valence-electron chi connectivity index (χ4n) is 3.19. The average molecular weight is 434 g/mol. The molecule has 0 aliphatic carbocycles. The van der Waals surface area contributed by atoms with Crippen LogP contribution >= 0.6 is 0 Å². The number of rotatable bonds is 6. The van der Waals surface area contributed by atoms with Gasteiger partial charge in [0.1, 0.15) is 34.1 Å². The number of esters is 2. The second kappa shape index (κ2) is 9.56. The molecule has 32 heavy (non-hydrogen) atoms. The van der Waals surface area contributed by atoms with Gasteiger partial charge in [0.25, 0.3) is 0 Å². The Morgan fingerprint density at radius 3 is 1.66 bits per heavy atom. The lowest BCUT2D eigenvalue weighted by atomic mass is 9.86. The van der Waals surface area contributed by atoms with Crippen molar-refractivity contribution in [2.24, 2.45) is 0 Å². The third-order valence-electron chi connectivity index (χ3n) is 4.83. The number of benzene rings is 3. The monoisotopic (exact) mass is 434 g/mol. The molecule has 3 aromatic rings. The third kappa shape index (κ3) is 5.09. The van der Waals surface area contributed by atoms with Gasteiger partial charge < -0.3 is 18.9 Å². The Balaban J connectivity index is 1.90. The van der Waals surface area contributed by atoms with Crippen molar-refractivity contribution < 1.29 is 28.5 Å². The molecule has 0 N–H and O–H groups in total. The van der Waals surface area contributed by atoms with Crippen LogP contribution in [0.15, 0.2) is 66.7 Å². The van der Waals surface area contributed by atoms with Crippen molar-refractivity contribution in [2.75, 3.05) is 14.2 Å². The first kappa shape index (κ1) is 22.9. The average Bonchev–Trinajstić information content (AvgIpc) is 2.79. The van der Waals surface area contributed by atoms with Crippen LogP contribution in [0.1, 0.15) is 47.1 Å². The molecule has 0 aromatic heterocycles. The molecule has 166 valence electrons. The molecule has 0 radical (unpaired) electrons. The summed E-state index contributed by atoms with van der Waals surface area (Å²) < 4.78 is 21.8. The first-order chi connectivity index (χ1) is 15.2. The SMILES string of the molecule is COc1ccccc1C(=O)Oc1ccc(OC(=O)c2ccccc2OC)c(C(C)(C)C)c1. The van der Waals surface area contributed by atoms with E-state index in [1.54, 1.807) is 66.7 Å². The molecule has 0 bridgehead atoms. The lowest BCUT2D eigenvalue weighted by molar-refractivity contribution is 0.0713. The van der Waals surface area contributed by atoms with Crippen molar-refractivity contribution in [2.45, 2.75) is 26.2 Å². The van der Waals surface area contributed by atoms with Crippen LogP contribution in [-0.2, 0) is 5.41 Å². The molecule has 0 saturated carbocycles. The number of ether oxygens (including phenoxy) is 4. The molecule has 6 nitrogen and oxygen atoms in total. The standard InChI is InChI=1S/C26H26O6/c1-26(2,3)20-16-17(31-24(27)18-10-6-8-12-21(18)29-4)14-15-23(20)32-25(28)19-11-7-9-13-22(19)30-5/h6-16H,1-5H3. The smallest absolute Gasteiger partial charge is 0.347 e. The quantitative estimate of drug-likeness (QED) is 0.380. The Labute approximate surface area is 187 Å². The molecule has 0 amide bonds. The highest BCUT2D eigenvalue weighted by Gasteiger charge is 2.24. The lowest BCUT2D eigenvalue weighted by Gasteiger charge is -2.23. The van der Waals surface area contributed by atoms with E-state index in [1.165, 1.54) is 14.2 Å². The van der Waals surface area contributed by atoms with Gasteiger partial charge in [0.2, 0.25) is 0 Å². The summed E-state index contributed by atoms with van der Waals surface area (Å²) in [5.74, 6) is 0.495. The molecule has 0 unspecified atom stereocenters. The summed E-state index contributed by atoms with van der Waals surface area (Å²) in [6.07, 6.45) is 0. The summed E-state index contributed by atoms with van der Waals surface area (Å²) in [6, 6.07) is 18.6. The first-order valence-corrected chi connectivity index (χ1v) is 10.1. The van der Waals surface area contributed by atoms with Crippen LogP contribution in [0.4, 0.5) is 0 Å². The maximum atomic E-state index is 12.8. The van der Waals surface area contributed by atoms with Gasteiger partial charge in [0, 0.05) is 5.56 Å². The number of carbonyl (C=O) groups excluding carboxylic acids is 2. The maximum Gasteiger partial charge on any atom is 0.347 e. The Bertz CT molecular complexity index is 1130. The summed E-state index contributed by atoms with van der Waals surface area (Å²) >= 11 is 0. The van der Waals surface area contributed by atoms with E-state index in [2.05, 4.69) is 0 Å². The summed E-state index contributed by atoms with van der Waals surface area (Å²) in [7, 11) is 2.99. The van der Waals surface area contributed by atoms with E-state index < -0.39 is 11.9 Å². The summed E-state index contributed by atoms with van der Waals surface area (Å²) in [5, 5.41) is 0. The normalized spacial score (nSPS) is 10.9. The Kier molecular flexibility index (Phi) is 6.83. The number of methoxy groups -OCH3 is 2. The number of para-hydroxylation sites is 2. The fraction of sp³-hybridized carbons (Fsp3) is 0.231. The van der Waals surface area contributed by atoms with Crippen molar-refractivity contribution in [1.82, 2.24) is 0 Å². The van der Waals surface area contributed by atoms with E-state index in [-0.39, 0.29) is 5.41 Å². The fourth-order valence-corrected chi connectivity index (χ4v) is 3.19. The van der Waals surface area contributed by atoms with E-state index in [0.717, 1.165) is 0 Å². The molecule has 0 fully saturated rings. The molecule has 0 atom stereocenters. The van der Waals surface area contributed by atoms with Crippen molar-refractivity contribution in [3.05, 3.63) is 83.4 Å². The molecule has 0 aliphatic rings. The molecule has 6 heteroatoms. The van der Waals surface area contributed by atoms with E-state index in [1.807, 2.05) is 20.8 Å². The molecule has 3 aromatic carbocycles. The summed E-state index contributed by atoms with van der Waals surface area (Å²) in [4.78, 5) is 25.5. The molecular formula is C26H26O6. The molecule has 0 saturated heterocycles. The zero-order valence-corrected chi connectivity index (χ0v) is 18.8. The van der Waals surface area contributed by atoms with Gasteiger partial charge in [-0.05, 0) is 47.9 Å². The van der Waals surface area contributed by atoms with E-state index in [0.29, 0.717) is 39.7 Å². The van der Waals surface area contributed by atoms with Crippen molar-refractivity contribution in [3.8, 4) is 23.0 Å². The molecule has 0 spiro atoms. The van der Waals surface area contributed by atoms with Crippen LogP contribution < -0.4 is 18.9 Å². The largest absolute Gasteiger partial charge is 0.496 e. The Morgan fingerprint density at radius 1 is 0.656 bits per heavy atom. The van der Waals surface area contributed by atoms with Crippen LogP contribution in [0, 0.1) is 0 Å². The van der Waals surface area contributed by atoms with Crippen molar-refractivity contribution in [1.29, 1.82) is 0 Å². The molecule has 0 aliphatic heterocycles. The van der Waals surface area contributed by atoms with Crippen LogP contribution in [0.5, 0.6) is 23.0 Å². The minimum atomic E-state index is -0.541. The highest BCUT2D eigenvalue weighted by molar-refractivity contribution is 5.95. The summed E-state index contributed by atoms with van der Waals surface area (Å²) in [6.45, 7) is 5.94. The van der Waals surface area contributed by atoms with Gasteiger partial charge in [-0.1, -0.05) is 45.0 Å². The van der Waals surface area contributed by atoms with E-state index in [9.17, 15) is 9.59 Å². The minimum absolute atomic E-state index is 0.319. The second-order valence-electron chi connectivity index (χ2n) is 8.09. The predicted octanol–water partition coefficient (Wildman–Crippen LogP) is 5.44. The zero-order chi connectivity index (χ0) is 23.3. The first-order valence-electron chi connectivity index (χ1n) is 10.1. The van der Waals surface area contributed by atoms with Gasteiger partial charge in [0.15, 0.2) is 0 Å². The summed E-state index contributed by atoms with van der Waals surface area (Å²) in [5.41, 5.74) is 0.968. The van der Waals surface area contributed by atoms with E-state index in [4.69, 9.17) is 18.9 Å². The highest BCUT2D eigenvalue weighted by atomic mass is 16.5. The van der Waals surface area contributed by atoms with Crippen molar-refractivity contribution >= 4 is 11.9 Å². The molecule has 3 rings (SSSR count). The predicted molar refractivity (Wildman–Crippen MR) is 121 cm³/mol. The van der Waals surface area contributed by atoms with Gasteiger partial charge in [-0.15, -0.1) is 0 Å². The number of carbonyl (C=O) groups is 2. The van der Waals surface area contributed by atoms with Crippen molar-refractivity contribution in [3.63, 3.8) is 0 Å². The third-order valence-corrected chi connectivity index (χ3v) is 4.83. The van der Waals surface area contributed by atoms with Crippen LogP contribution in [-0.4, -0.2) is 26.2 Å². The van der Waals surface area contributed by atoms with Gasteiger partial charge >= 0.3 is 11.9 Å². The van der Waals surface area contributed by atoms with Crippen LogP contribution in [0.2, 0.25) is 0 Å². The number of hydrogen-bond donors (Lipinski definition) is 0. The molecule has 0 heterocycles. The maximum absolute atomic E-state index is 12.8. The van der Waals surface area contributed by atoms with Gasteiger partial charge in [0.05, 0.1) is 14.2 Å². The topological polar surface area (TPSA) is 71.1 Å². The zero-order valence-electron chi connectivity index (χ0n) is 18.8. The Morgan fingerprint density at radius 2 is 1.16 bits per heavy atom. The second-order valence-corrected chi connectivity index (χ2v) is 8.09. The van der Waals surface area contributed by atoms with Gasteiger partial charge in [-0.25, -0.2) is 9.59 Å². The van der Waals surface area contributed by atoms with Crippen LogP contribution in [0.3, 0.4) is 0 Å². The van der Waals surface area contributed by atoms with Crippen LogP contribution in [0.25, 0.3) is 0 Å². The van der Waals surface area contributed by atoms with Gasteiger partial charge in [-0.2, -0.15) is 0 Å².